The summed E-state index contributed by atoms with van der Waals surface area (Å²) >= 11 is 0. The molecule has 0 N–H and O–H groups in total. The number of hydrogen-bond acceptors (Lipinski definition) is 6. The molecule has 0 spiro atoms. The zero-order chi connectivity index (χ0) is 15.4. The van der Waals surface area contributed by atoms with Crippen LogP contribution in [0.1, 0.15) is 18.4 Å². The average Bonchev–Trinajstić information content (AvgIpc) is 2.53. The normalized spacial score (nSPS) is 17.9. The Labute approximate surface area is 121 Å². The highest BCUT2D eigenvalue weighted by atomic mass is 16.6. The first-order chi connectivity index (χ1) is 10.1. The van der Waals surface area contributed by atoms with Gasteiger partial charge in [-0.05, 0) is 25.0 Å². The molecule has 0 bridgehead atoms. The summed E-state index contributed by atoms with van der Waals surface area (Å²) < 4.78 is 4.75. The number of rotatable bonds is 3. The Balaban J connectivity index is 2.31. The first kappa shape index (κ1) is 14.8. The van der Waals surface area contributed by atoms with Gasteiger partial charge in [0.05, 0.1) is 29.6 Å². The van der Waals surface area contributed by atoms with Gasteiger partial charge in [0.2, 0.25) is 0 Å². The van der Waals surface area contributed by atoms with Crippen LogP contribution in [0.5, 0.6) is 0 Å². The first-order valence-electron chi connectivity index (χ1n) is 6.58. The lowest BCUT2D eigenvalue weighted by Crippen LogP contribution is -2.39. The zero-order valence-electron chi connectivity index (χ0n) is 11.6. The Morgan fingerprint density at radius 2 is 2.33 bits per heavy atom. The molecule has 21 heavy (non-hydrogen) atoms. The van der Waals surface area contributed by atoms with Crippen molar-refractivity contribution in [1.29, 1.82) is 5.26 Å². The number of nitro groups is 1. The average molecular weight is 289 g/mol. The van der Waals surface area contributed by atoms with Crippen LogP contribution in [0.3, 0.4) is 0 Å². The van der Waals surface area contributed by atoms with Crippen LogP contribution >= 0.6 is 0 Å². The molecule has 1 saturated heterocycles. The van der Waals surface area contributed by atoms with Crippen LogP contribution in [0.4, 0.5) is 11.4 Å². The second kappa shape index (κ2) is 6.22. The SMILES string of the molecule is COC(=O)C1CCCN(c2ccc(C#N)cc2[N+](=O)[O-])C1. The maximum atomic E-state index is 11.6. The minimum absolute atomic E-state index is 0.112. The summed E-state index contributed by atoms with van der Waals surface area (Å²) in [6.45, 7) is 1.03. The van der Waals surface area contributed by atoms with E-state index in [1.54, 1.807) is 12.1 Å². The molecule has 7 heteroatoms. The lowest BCUT2D eigenvalue weighted by molar-refractivity contribution is -0.384. The van der Waals surface area contributed by atoms with Gasteiger partial charge in [0.1, 0.15) is 5.69 Å². The van der Waals surface area contributed by atoms with Gasteiger partial charge in [-0.2, -0.15) is 5.26 Å². The molecule has 7 nitrogen and oxygen atoms in total. The van der Waals surface area contributed by atoms with E-state index in [4.69, 9.17) is 10.00 Å². The third-order valence-electron chi connectivity index (χ3n) is 3.60. The van der Waals surface area contributed by atoms with Gasteiger partial charge in [0, 0.05) is 19.2 Å². The summed E-state index contributed by atoms with van der Waals surface area (Å²) in [7, 11) is 1.34. The molecule has 2 rings (SSSR count). The van der Waals surface area contributed by atoms with Crippen molar-refractivity contribution in [2.75, 3.05) is 25.1 Å². The van der Waals surface area contributed by atoms with Gasteiger partial charge >= 0.3 is 5.97 Å². The lowest BCUT2D eigenvalue weighted by Gasteiger charge is -2.32. The Bertz CT molecular complexity index is 609. The van der Waals surface area contributed by atoms with Crippen LogP contribution in [0.15, 0.2) is 18.2 Å². The monoisotopic (exact) mass is 289 g/mol. The van der Waals surface area contributed by atoms with Crippen molar-refractivity contribution < 1.29 is 14.5 Å². The van der Waals surface area contributed by atoms with E-state index in [0.29, 0.717) is 25.2 Å². The number of piperidine rings is 1. The number of carbonyl (C=O) groups excluding carboxylic acids is 1. The summed E-state index contributed by atoms with van der Waals surface area (Å²) in [6, 6.07) is 6.26. The van der Waals surface area contributed by atoms with E-state index < -0.39 is 4.92 Å². The molecule has 0 aliphatic carbocycles. The molecule has 1 aliphatic heterocycles. The van der Waals surface area contributed by atoms with Crippen LogP contribution < -0.4 is 4.90 Å². The highest BCUT2D eigenvalue weighted by Gasteiger charge is 2.29. The van der Waals surface area contributed by atoms with Crippen molar-refractivity contribution in [3.05, 3.63) is 33.9 Å². The van der Waals surface area contributed by atoms with E-state index in [9.17, 15) is 14.9 Å². The number of ether oxygens (including phenoxy) is 1. The topological polar surface area (TPSA) is 96.5 Å². The number of esters is 1. The highest BCUT2D eigenvalue weighted by molar-refractivity contribution is 5.74. The van der Waals surface area contributed by atoms with Crippen LogP contribution in [0, 0.1) is 27.4 Å². The fraction of sp³-hybridized carbons (Fsp3) is 0.429. The third kappa shape index (κ3) is 3.11. The first-order valence-corrected chi connectivity index (χ1v) is 6.58. The third-order valence-corrected chi connectivity index (χ3v) is 3.60. The molecule has 1 heterocycles. The predicted octanol–water partition coefficient (Wildman–Crippen LogP) is 1.86. The quantitative estimate of drug-likeness (QED) is 0.478. The molecule has 1 aromatic rings. The zero-order valence-corrected chi connectivity index (χ0v) is 11.6. The number of nitriles is 1. The van der Waals surface area contributed by atoms with Gasteiger partial charge in [-0.15, -0.1) is 0 Å². The Kier molecular flexibility index (Phi) is 4.38. The van der Waals surface area contributed by atoms with E-state index in [1.165, 1.54) is 13.2 Å². The summed E-state index contributed by atoms with van der Waals surface area (Å²) in [4.78, 5) is 24.1. The van der Waals surface area contributed by atoms with Gasteiger partial charge in [0.25, 0.3) is 5.69 Å². The smallest absolute Gasteiger partial charge is 0.310 e. The number of anilines is 1. The fourth-order valence-electron chi connectivity index (χ4n) is 2.56. The van der Waals surface area contributed by atoms with Gasteiger partial charge in [0.15, 0.2) is 0 Å². The van der Waals surface area contributed by atoms with E-state index in [2.05, 4.69) is 0 Å². The molecule has 1 unspecified atom stereocenters. The van der Waals surface area contributed by atoms with E-state index in [-0.39, 0.29) is 23.1 Å². The van der Waals surface area contributed by atoms with Crippen LogP contribution in [0.25, 0.3) is 0 Å². The van der Waals surface area contributed by atoms with Crippen molar-refractivity contribution in [1.82, 2.24) is 0 Å². The number of hydrogen-bond donors (Lipinski definition) is 0. The van der Waals surface area contributed by atoms with Gasteiger partial charge in [-0.1, -0.05) is 0 Å². The number of nitro benzene ring substituents is 1. The Hall–Kier alpha value is -2.62. The molecule has 1 fully saturated rings. The van der Waals surface area contributed by atoms with E-state index in [1.807, 2.05) is 11.0 Å². The largest absolute Gasteiger partial charge is 0.469 e. The maximum Gasteiger partial charge on any atom is 0.310 e. The molecule has 1 aromatic carbocycles. The number of benzene rings is 1. The van der Waals surface area contributed by atoms with Crippen molar-refractivity contribution in [2.45, 2.75) is 12.8 Å². The van der Waals surface area contributed by atoms with Crippen LogP contribution in [-0.2, 0) is 9.53 Å². The standard InChI is InChI=1S/C14H15N3O4/c1-21-14(18)11-3-2-6-16(9-11)12-5-4-10(8-15)7-13(12)17(19)20/h4-5,7,11H,2-3,6,9H2,1H3. The molecule has 0 amide bonds. The molecule has 1 atom stereocenters. The second-order valence-electron chi connectivity index (χ2n) is 4.88. The van der Waals surface area contributed by atoms with Crippen molar-refractivity contribution >= 4 is 17.3 Å². The Morgan fingerprint density at radius 3 is 2.95 bits per heavy atom. The summed E-state index contributed by atoms with van der Waals surface area (Å²) in [6.07, 6.45) is 1.48. The highest BCUT2D eigenvalue weighted by Crippen LogP contribution is 2.32. The van der Waals surface area contributed by atoms with Gasteiger partial charge in [-0.3, -0.25) is 14.9 Å². The molecule has 0 aromatic heterocycles. The Morgan fingerprint density at radius 1 is 1.57 bits per heavy atom. The lowest BCUT2D eigenvalue weighted by atomic mass is 9.97. The van der Waals surface area contributed by atoms with E-state index >= 15 is 0 Å². The minimum Gasteiger partial charge on any atom is -0.469 e. The summed E-state index contributed by atoms with van der Waals surface area (Å²) in [5.41, 5.74) is 0.569. The van der Waals surface area contributed by atoms with Gasteiger partial charge in [-0.25, -0.2) is 0 Å². The number of methoxy groups -OCH3 is 1. The molecule has 110 valence electrons. The molecule has 0 radical (unpaired) electrons. The molecular weight excluding hydrogens is 274 g/mol. The minimum atomic E-state index is -0.502. The predicted molar refractivity (Wildman–Crippen MR) is 74.8 cm³/mol. The molecular formula is C14H15N3O4. The molecule has 1 aliphatic rings. The molecule has 0 saturated carbocycles. The summed E-state index contributed by atoms with van der Waals surface area (Å²) in [5, 5.41) is 20.0. The summed E-state index contributed by atoms with van der Waals surface area (Å²) in [5.74, 6) is -0.574. The van der Waals surface area contributed by atoms with Crippen molar-refractivity contribution in [3.63, 3.8) is 0 Å². The van der Waals surface area contributed by atoms with Crippen molar-refractivity contribution in [3.8, 4) is 6.07 Å². The number of carbonyl (C=O) groups is 1. The van der Waals surface area contributed by atoms with Crippen LogP contribution in [0.2, 0.25) is 0 Å². The number of nitrogens with zero attached hydrogens (tertiary/aromatic N) is 3. The fourth-order valence-corrected chi connectivity index (χ4v) is 2.56. The second-order valence-corrected chi connectivity index (χ2v) is 4.88. The van der Waals surface area contributed by atoms with E-state index in [0.717, 1.165) is 6.42 Å². The maximum absolute atomic E-state index is 11.6. The van der Waals surface area contributed by atoms with Crippen molar-refractivity contribution in [2.24, 2.45) is 5.92 Å². The van der Waals surface area contributed by atoms with Crippen LogP contribution in [-0.4, -0.2) is 31.1 Å². The van der Waals surface area contributed by atoms with Gasteiger partial charge < -0.3 is 9.64 Å².